The van der Waals surface area contributed by atoms with Gasteiger partial charge in [0.15, 0.2) is 0 Å². The van der Waals surface area contributed by atoms with Crippen LogP contribution < -0.4 is 9.62 Å². The monoisotopic (exact) mass is 438 g/mol. The summed E-state index contributed by atoms with van der Waals surface area (Å²) in [5.74, 6) is -1.19. The first-order valence-corrected chi connectivity index (χ1v) is 11.1. The fourth-order valence-electron chi connectivity index (χ4n) is 2.82. The van der Waals surface area contributed by atoms with Crippen LogP contribution in [0.1, 0.15) is 29.8 Å². The number of nitrogens with one attached hydrogen (secondary N) is 1. The van der Waals surface area contributed by atoms with Gasteiger partial charge in [0.05, 0.1) is 29.8 Å². The molecule has 156 valence electrons. The van der Waals surface area contributed by atoms with E-state index in [0.29, 0.717) is 16.3 Å². The third kappa shape index (κ3) is 5.48. The highest BCUT2D eigenvalue weighted by Gasteiger charge is 2.31. The molecule has 29 heavy (non-hydrogen) atoms. The molecule has 0 aliphatic carbocycles. The van der Waals surface area contributed by atoms with Gasteiger partial charge in [-0.15, -0.1) is 0 Å². The number of sulfonamides is 1. The lowest BCUT2D eigenvalue weighted by molar-refractivity contribution is -0.116. The zero-order valence-electron chi connectivity index (χ0n) is 16.6. The largest absolute Gasteiger partial charge is 0.462 e. The first-order valence-electron chi connectivity index (χ1n) is 8.88. The summed E-state index contributed by atoms with van der Waals surface area (Å²) in [4.78, 5) is 25.0. The Labute approximate surface area is 175 Å². The predicted molar refractivity (Wildman–Crippen MR) is 114 cm³/mol. The minimum Gasteiger partial charge on any atom is -0.462 e. The van der Waals surface area contributed by atoms with Gasteiger partial charge in [-0.3, -0.25) is 9.10 Å². The van der Waals surface area contributed by atoms with Gasteiger partial charge in [-0.25, -0.2) is 13.2 Å². The van der Waals surface area contributed by atoms with Gasteiger partial charge >= 0.3 is 5.97 Å². The van der Waals surface area contributed by atoms with Crippen LogP contribution in [0.5, 0.6) is 0 Å². The number of benzene rings is 2. The lowest BCUT2D eigenvalue weighted by atomic mass is 10.1. The number of carbonyl (C=O) groups excluding carboxylic acids is 2. The molecule has 0 unspecified atom stereocenters. The van der Waals surface area contributed by atoms with E-state index in [1.165, 1.54) is 19.1 Å². The van der Waals surface area contributed by atoms with Crippen LogP contribution in [0.15, 0.2) is 42.5 Å². The summed E-state index contributed by atoms with van der Waals surface area (Å²) in [7, 11) is -3.81. The molecule has 9 heteroatoms. The van der Waals surface area contributed by atoms with Crippen molar-refractivity contribution in [3.05, 3.63) is 58.6 Å². The van der Waals surface area contributed by atoms with Crippen molar-refractivity contribution in [1.29, 1.82) is 0 Å². The number of nitrogens with zero attached hydrogens (tertiary/aromatic N) is 1. The number of ether oxygens (including phenoxy) is 1. The fourth-order valence-corrected chi connectivity index (χ4v) is 4.21. The number of halogens is 1. The Kier molecular flexibility index (Phi) is 7.26. The standard InChI is InChI=1S/C20H23ClN2O5S/c1-5-28-20(25)16-8-6-7-9-17(16)22-19(24)14(3)23(29(4,26)27)18-12-15(21)11-10-13(18)2/h6-12,14H,5H2,1-4H3,(H,22,24)/t14-/m0/s1. The number of esters is 1. The summed E-state index contributed by atoms with van der Waals surface area (Å²) in [5.41, 5.74) is 1.37. The molecule has 0 saturated heterocycles. The molecule has 1 amide bonds. The third-order valence-electron chi connectivity index (χ3n) is 4.18. The summed E-state index contributed by atoms with van der Waals surface area (Å²) in [5, 5.41) is 2.97. The Morgan fingerprint density at radius 2 is 1.86 bits per heavy atom. The zero-order chi connectivity index (χ0) is 21.8. The van der Waals surface area contributed by atoms with E-state index in [2.05, 4.69) is 5.32 Å². The highest BCUT2D eigenvalue weighted by atomic mass is 35.5. The molecule has 0 aliphatic rings. The molecule has 0 aromatic heterocycles. The molecule has 0 radical (unpaired) electrons. The summed E-state index contributed by atoms with van der Waals surface area (Å²) < 4.78 is 31.0. The van der Waals surface area contributed by atoms with Crippen molar-refractivity contribution in [3.63, 3.8) is 0 Å². The molecule has 1 N–H and O–H groups in total. The number of carbonyl (C=O) groups is 2. The Morgan fingerprint density at radius 3 is 2.48 bits per heavy atom. The number of rotatable bonds is 7. The number of anilines is 2. The molecule has 0 saturated carbocycles. The lowest BCUT2D eigenvalue weighted by Crippen LogP contribution is -2.45. The number of amides is 1. The van der Waals surface area contributed by atoms with Crippen molar-refractivity contribution < 1.29 is 22.7 Å². The van der Waals surface area contributed by atoms with Crippen LogP contribution in [0.2, 0.25) is 5.02 Å². The van der Waals surface area contributed by atoms with Crippen molar-refractivity contribution in [1.82, 2.24) is 0 Å². The topological polar surface area (TPSA) is 92.8 Å². The average Bonchev–Trinajstić information content (AvgIpc) is 2.64. The van der Waals surface area contributed by atoms with Crippen molar-refractivity contribution >= 4 is 44.9 Å². The molecule has 0 aliphatic heterocycles. The maximum absolute atomic E-state index is 12.9. The molecule has 1 atom stereocenters. The van der Waals surface area contributed by atoms with Crippen LogP contribution in [0, 0.1) is 6.92 Å². The second kappa shape index (κ2) is 9.28. The lowest BCUT2D eigenvalue weighted by Gasteiger charge is -2.29. The van der Waals surface area contributed by atoms with Crippen molar-refractivity contribution in [2.45, 2.75) is 26.8 Å². The Morgan fingerprint density at radius 1 is 1.21 bits per heavy atom. The highest BCUT2D eigenvalue weighted by molar-refractivity contribution is 7.92. The van der Waals surface area contributed by atoms with Gasteiger partial charge in [0.2, 0.25) is 15.9 Å². The highest BCUT2D eigenvalue weighted by Crippen LogP contribution is 2.29. The van der Waals surface area contributed by atoms with Crippen LogP contribution in [-0.4, -0.2) is 39.2 Å². The van der Waals surface area contributed by atoms with E-state index < -0.39 is 27.9 Å². The summed E-state index contributed by atoms with van der Waals surface area (Å²) >= 11 is 6.04. The quantitative estimate of drug-likeness (QED) is 0.666. The van der Waals surface area contributed by atoms with E-state index in [1.54, 1.807) is 44.2 Å². The summed E-state index contributed by atoms with van der Waals surface area (Å²) in [6, 6.07) is 10.1. The van der Waals surface area contributed by atoms with Crippen LogP contribution >= 0.6 is 11.6 Å². The van der Waals surface area contributed by atoms with Gasteiger partial charge in [0.25, 0.3) is 0 Å². The second-order valence-corrected chi connectivity index (χ2v) is 8.72. The smallest absolute Gasteiger partial charge is 0.340 e. The first-order chi connectivity index (χ1) is 13.6. The van der Waals surface area contributed by atoms with E-state index >= 15 is 0 Å². The minimum atomic E-state index is -3.81. The Balaban J connectivity index is 2.39. The van der Waals surface area contributed by atoms with Gasteiger partial charge in [-0.2, -0.15) is 0 Å². The van der Waals surface area contributed by atoms with Crippen molar-refractivity contribution in [3.8, 4) is 0 Å². The number of aryl methyl sites for hydroxylation is 1. The maximum atomic E-state index is 12.9. The predicted octanol–water partition coefficient (Wildman–Crippen LogP) is 3.62. The third-order valence-corrected chi connectivity index (χ3v) is 5.64. The van der Waals surface area contributed by atoms with Gasteiger partial charge < -0.3 is 10.1 Å². The van der Waals surface area contributed by atoms with Gasteiger partial charge in [-0.1, -0.05) is 29.8 Å². The molecule has 2 aromatic rings. The van der Waals surface area contributed by atoms with Gasteiger partial charge in [-0.05, 0) is 50.6 Å². The van der Waals surface area contributed by atoms with Crippen LogP contribution in [0.3, 0.4) is 0 Å². The zero-order valence-corrected chi connectivity index (χ0v) is 18.2. The van der Waals surface area contributed by atoms with E-state index in [0.717, 1.165) is 10.6 Å². The average molecular weight is 439 g/mol. The van der Waals surface area contributed by atoms with Crippen molar-refractivity contribution in [2.75, 3.05) is 22.5 Å². The van der Waals surface area contributed by atoms with E-state index in [4.69, 9.17) is 16.3 Å². The first kappa shape index (κ1) is 22.7. The molecule has 2 aromatic carbocycles. The van der Waals surface area contributed by atoms with E-state index in [1.807, 2.05) is 0 Å². The minimum absolute atomic E-state index is 0.180. The molecule has 0 heterocycles. The van der Waals surface area contributed by atoms with Gasteiger partial charge in [0.1, 0.15) is 6.04 Å². The fraction of sp³-hybridized carbons (Fsp3) is 0.300. The maximum Gasteiger partial charge on any atom is 0.340 e. The number of hydrogen-bond donors (Lipinski definition) is 1. The molecule has 0 spiro atoms. The Hall–Kier alpha value is -2.58. The van der Waals surface area contributed by atoms with Crippen LogP contribution in [-0.2, 0) is 19.6 Å². The Bertz CT molecular complexity index is 1020. The van der Waals surface area contributed by atoms with Crippen LogP contribution in [0.4, 0.5) is 11.4 Å². The van der Waals surface area contributed by atoms with Crippen molar-refractivity contribution in [2.24, 2.45) is 0 Å². The summed E-state index contributed by atoms with van der Waals surface area (Å²) in [6.45, 7) is 5.06. The van der Waals surface area contributed by atoms with E-state index in [9.17, 15) is 18.0 Å². The van der Waals surface area contributed by atoms with E-state index in [-0.39, 0.29) is 17.9 Å². The molecule has 0 bridgehead atoms. The normalized spacial score (nSPS) is 12.2. The molecular weight excluding hydrogens is 416 g/mol. The molecule has 7 nitrogen and oxygen atoms in total. The molecule has 2 rings (SSSR count). The van der Waals surface area contributed by atoms with Gasteiger partial charge in [0, 0.05) is 5.02 Å². The molecule has 0 fully saturated rings. The van der Waals surface area contributed by atoms with Crippen LogP contribution in [0.25, 0.3) is 0 Å². The SMILES string of the molecule is CCOC(=O)c1ccccc1NC(=O)[C@H](C)N(c1cc(Cl)ccc1C)S(C)(=O)=O. The second-order valence-electron chi connectivity index (χ2n) is 6.42. The summed E-state index contributed by atoms with van der Waals surface area (Å²) in [6.07, 6.45) is 1.02. The molecular formula is C20H23ClN2O5S. The number of hydrogen-bond acceptors (Lipinski definition) is 5. The number of para-hydroxylation sites is 1.